The lowest BCUT2D eigenvalue weighted by Crippen LogP contribution is -2.53. The molecule has 0 unspecified atom stereocenters. The Hall–Kier alpha value is -4.07. The molecule has 1 aliphatic carbocycles. The average molecular weight is 588 g/mol. The maximum atomic E-state index is 14.0. The molecule has 1 fully saturated rings. The molecule has 2 atom stereocenters. The predicted octanol–water partition coefficient (Wildman–Crippen LogP) is 5.79. The van der Waals surface area contributed by atoms with E-state index in [1.807, 2.05) is 12.1 Å². The van der Waals surface area contributed by atoms with Gasteiger partial charge in [0.05, 0.1) is 13.2 Å². The molecule has 0 spiro atoms. The van der Waals surface area contributed by atoms with E-state index in [0.717, 1.165) is 49.0 Å². The first kappa shape index (κ1) is 30.4. The van der Waals surface area contributed by atoms with E-state index in [4.69, 9.17) is 4.74 Å². The van der Waals surface area contributed by atoms with Gasteiger partial charge in [-0.2, -0.15) is 0 Å². The fourth-order valence-electron chi connectivity index (χ4n) is 6.43. The molecule has 3 aromatic rings. The highest BCUT2D eigenvalue weighted by Crippen LogP contribution is 2.30. The number of hydrogen-bond acceptors (Lipinski definition) is 5. The Bertz CT molecular complexity index is 1390. The summed E-state index contributed by atoms with van der Waals surface area (Å²) in [6.45, 7) is 1.27. The average Bonchev–Trinajstić information content (AvgIpc) is 3.41. The van der Waals surface area contributed by atoms with Crippen LogP contribution in [-0.2, 0) is 17.6 Å². The molecule has 0 saturated heterocycles. The highest BCUT2D eigenvalue weighted by atomic mass is 19.1. The summed E-state index contributed by atoms with van der Waals surface area (Å²) in [6.07, 6.45) is 8.74. The number of phenols is 1. The number of amides is 2. The topological polar surface area (TPSA) is 90.9 Å². The van der Waals surface area contributed by atoms with E-state index in [-0.39, 0.29) is 29.4 Å². The second kappa shape index (κ2) is 14.4. The zero-order valence-electron chi connectivity index (χ0n) is 24.9. The van der Waals surface area contributed by atoms with Gasteiger partial charge in [0.2, 0.25) is 5.91 Å². The quantitative estimate of drug-likeness (QED) is 0.250. The molecule has 1 aliphatic heterocycles. The van der Waals surface area contributed by atoms with Crippen molar-refractivity contribution in [3.05, 3.63) is 89.2 Å². The van der Waals surface area contributed by atoms with E-state index in [9.17, 15) is 19.1 Å². The van der Waals surface area contributed by atoms with E-state index in [1.165, 1.54) is 25.3 Å². The van der Waals surface area contributed by atoms with Crippen LogP contribution >= 0.6 is 0 Å². The summed E-state index contributed by atoms with van der Waals surface area (Å²) in [5.41, 5.74) is 3.36. The number of carbonyl (C=O) groups excluding carboxylic acids is 2. The zero-order chi connectivity index (χ0) is 30.2. The van der Waals surface area contributed by atoms with Crippen LogP contribution in [0.25, 0.3) is 0 Å². The first-order valence-electron chi connectivity index (χ1n) is 15.4. The minimum atomic E-state index is -0.692. The Morgan fingerprint density at radius 3 is 2.58 bits per heavy atom. The lowest BCUT2D eigenvalue weighted by Gasteiger charge is -2.29. The van der Waals surface area contributed by atoms with Crippen molar-refractivity contribution in [1.29, 1.82) is 0 Å². The number of nitrogens with zero attached hydrogens (tertiary/aromatic N) is 1. The number of ether oxygens (including phenoxy) is 1. The molecule has 0 aromatic heterocycles. The Labute approximate surface area is 253 Å². The highest BCUT2D eigenvalue weighted by molar-refractivity contribution is 5.97. The third-order valence-corrected chi connectivity index (χ3v) is 8.78. The largest absolute Gasteiger partial charge is 0.508 e. The Kier molecular flexibility index (Phi) is 10.2. The van der Waals surface area contributed by atoms with Crippen LogP contribution in [0, 0.1) is 11.7 Å². The molecule has 2 amide bonds. The second-order valence-electron chi connectivity index (χ2n) is 11.9. The molecule has 3 N–H and O–H groups in total. The van der Waals surface area contributed by atoms with Crippen LogP contribution in [0.4, 0.5) is 10.1 Å². The third kappa shape index (κ3) is 8.27. The maximum Gasteiger partial charge on any atom is 0.252 e. The second-order valence-corrected chi connectivity index (χ2v) is 11.9. The smallest absolute Gasteiger partial charge is 0.252 e. The molecule has 43 heavy (non-hydrogen) atoms. The molecule has 1 heterocycles. The molecule has 3 aromatic carbocycles. The fraction of sp³-hybridized carbons (Fsp3) is 0.429. The third-order valence-electron chi connectivity index (χ3n) is 8.78. The standard InChI is InChI=1S/C35H42FN3O4/c1-43-31-9-5-8-27(22-31)34(41)38-32(16-12-24-6-3-2-4-7-24)35(42)37-29(20-25-10-14-30(40)15-11-25)23-39-19-18-26-21-28(36)13-17-33(26)39/h5,8-11,13-15,17,21-22,24,29,32,40H,2-4,6-7,12,16,18-20,23H2,1H3,(H,37,42)(H,38,41)/t29-,32-/m0/s1. The summed E-state index contributed by atoms with van der Waals surface area (Å²) >= 11 is 0. The fourth-order valence-corrected chi connectivity index (χ4v) is 6.43. The number of halogens is 1. The van der Waals surface area contributed by atoms with E-state index < -0.39 is 6.04 Å². The van der Waals surface area contributed by atoms with E-state index in [1.54, 1.807) is 55.6 Å². The van der Waals surface area contributed by atoms with Crippen molar-refractivity contribution in [2.75, 3.05) is 25.1 Å². The predicted molar refractivity (Wildman–Crippen MR) is 166 cm³/mol. The lowest BCUT2D eigenvalue weighted by atomic mass is 9.85. The SMILES string of the molecule is COc1cccc(C(=O)N[C@@H](CCC2CCCCC2)C(=O)N[C@@H](Cc2ccc(O)cc2)CN2CCc3cc(F)ccc32)c1. The van der Waals surface area contributed by atoms with Crippen LogP contribution in [0.2, 0.25) is 0 Å². The number of rotatable bonds is 12. The van der Waals surface area contributed by atoms with Gasteiger partial charge in [0, 0.05) is 24.3 Å². The van der Waals surface area contributed by atoms with Crippen LogP contribution in [0.3, 0.4) is 0 Å². The van der Waals surface area contributed by atoms with Gasteiger partial charge < -0.3 is 25.4 Å². The van der Waals surface area contributed by atoms with Crippen molar-refractivity contribution in [2.24, 2.45) is 5.92 Å². The van der Waals surface area contributed by atoms with Crippen LogP contribution in [0.15, 0.2) is 66.7 Å². The van der Waals surface area contributed by atoms with E-state index in [2.05, 4.69) is 15.5 Å². The van der Waals surface area contributed by atoms with Crippen molar-refractivity contribution in [2.45, 2.75) is 69.9 Å². The Morgan fingerprint density at radius 2 is 1.81 bits per heavy atom. The summed E-state index contributed by atoms with van der Waals surface area (Å²) in [4.78, 5) is 29.5. The van der Waals surface area contributed by atoms with Crippen molar-refractivity contribution < 1.29 is 23.8 Å². The Balaban J connectivity index is 1.34. The van der Waals surface area contributed by atoms with Crippen molar-refractivity contribution in [1.82, 2.24) is 10.6 Å². The van der Waals surface area contributed by atoms with Gasteiger partial charge in [0.25, 0.3) is 5.91 Å². The number of anilines is 1. The molecule has 2 aliphatic rings. The zero-order valence-corrected chi connectivity index (χ0v) is 24.9. The molecule has 1 saturated carbocycles. The van der Waals surface area contributed by atoms with Crippen molar-refractivity contribution in [3.63, 3.8) is 0 Å². The van der Waals surface area contributed by atoms with Gasteiger partial charge in [-0.3, -0.25) is 9.59 Å². The molecule has 228 valence electrons. The van der Waals surface area contributed by atoms with Gasteiger partial charge >= 0.3 is 0 Å². The molecular weight excluding hydrogens is 545 g/mol. The number of nitrogens with one attached hydrogen (secondary N) is 2. The molecule has 5 rings (SSSR count). The minimum absolute atomic E-state index is 0.183. The molecular formula is C35H42FN3O4. The van der Waals surface area contributed by atoms with Gasteiger partial charge in [0.1, 0.15) is 23.4 Å². The van der Waals surface area contributed by atoms with Gasteiger partial charge in [-0.05, 0) is 91.3 Å². The number of benzene rings is 3. The van der Waals surface area contributed by atoms with E-state index >= 15 is 0 Å². The summed E-state index contributed by atoms with van der Waals surface area (Å²) in [5, 5.41) is 16.1. The van der Waals surface area contributed by atoms with Crippen LogP contribution in [0.1, 0.15) is 66.4 Å². The van der Waals surface area contributed by atoms with Gasteiger partial charge in [0.15, 0.2) is 0 Å². The number of hydrogen-bond donors (Lipinski definition) is 3. The first-order valence-corrected chi connectivity index (χ1v) is 15.4. The maximum absolute atomic E-state index is 14.0. The molecule has 7 nitrogen and oxygen atoms in total. The van der Waals surface area contributed by atoms with Crippen LogP contribution in [0.5, 0.6) is 11.5 Å². The number of methoxy groups -OCH3 is 1. The summed E-state index contributed by atoms with van der Waals surface area (Å²) in [5.74, 6) is 0.551. The number of phenolic OH excluding ortho intramolecular Hbond substituents is 1. The van der Waals surface area contributed by atoms with Crippen LogP contribution in [-0.4, -0.2) is 49.2 Å². The van der Waals surface area contributed by atoms with Gasteiger partial charge in [-0.1, -0.05) is 50.3 Å². The lowest BCUT2D eigenvalue weighted by molar-refractivity contribution is -0.123. The van der Waals surface area contributed by atoms with Gasteiger partial charge in [-0.25, -0.2) is 4.39 Å². The number of fused-ring (bicyclic) bond motifs is 1. The number of carbonyl (C=O) groups is 2. The van der Waals surface area contributed by atoms with E-state index in [0.29, 0.717) is 36.6 Å². The monoisotopic (exact) mass is 587 g/mol. The summed E-state index contributed by atoms with van der Waals surface area (Å²) in [6, 6.07) is 17.8. The molecule has 8 heteroatoms. The van der Waals surface area contributed by atoms with Crippen LogP contribution < -0.4 is 20.3 Å². The normalized spacial score (nSPS) is 16.3. The van der Waals surface area contributed by atoms with Crippen molar-refractivity contribution in [3.8, 4) is 11.5 Å². The minimum Gasteiger partial charge on any atom is -0.508 e. The summed E-state index contributed by atoms with van der Waals surface area (Å²) in [7, 11) is 1.56. The first-order chi connectivity index (χ1) is 20.9. The Morgan fingerprint density at radius 1 is 1.02 bits per heavy atom. The molecule has 0 radical (unpaired) electrons. The molecule has 0 bridgehead atoms. The van der Waals surface area contributed by atoms with Crippen molar-refractivity contribution >= 4 is 17.5 Å². The number of aromatic hydroxyl groups is 1. The highest BCUT2D eigenvalue weighted by Gasteiger charge is 2.28. The summed E-state index contributed by atoms with van der Waals surface area (Å²) < 4.78 is 19.2. The van der Waals surface area contributed by atoms with Gasteiger partial charge in [-0.15, -0.1) is 0 Å².